The molecule has 0 aliphatic carbocycles. The second-order valence-electron chi connectivity index (χ2n) is 2.38. The third kappa shape index (κ3) is 1.61. The second-order valence-corrected chi connectivity index (χ2v) is 3.93. The van der Waals surface area contributed by atoms with Gasteiger partial charge in [0, 0.05) is 0 Å². The number of fused-ring (bicyclic) bond motifs is 1. The molecule has 0 bridgehead atoms. The summed E-state index contributed by atoms with van der Waals surface area (Å²) in [6.45, 7) is 0. The van der Waals surface area contributed by atoms with E-state index < -0.39 is 0 Å². The van der Waals surface area contributed by atoms with Crippen molar-refractivity contribution in [2.75, 3.05) is 6.26 Å². The number of aliphatic imine (C=N–C) groups is 3. The molecule has 13 heavy (non-hydrogen) atoms. The van der Waals surface area contributed by atoms with Gasteiger partial charge in [0.2, 0.25) is 0 Å². The minimum Gasteiger partial charge on any atom is -0.317 e. The molecule has 7 heteroatoms. The Morgan fingerprint density at radius 2 is 2.31 bits per heavy atom. The van der Waals surface area contributed by atoms with E-state index in [9.17, 15) is 0 Å². The summed E-state index contributed by atoms with van der Waals surface area (Å²) in [5.74, 6) is 0.675. The van der Waals surface area contributed by atoms with Gasteiger partial charge >= 0.3 is 0 Å². The molecule has 0 amide bonds. The normalized spacial score (nSPS) is 25.8. The maximum Gasteiger partial charge on any atom is 0.197 e. The quantitative estimate of drug-likeness (QED) is 0.501. The van der Waals surface area contributed by atoms with Gasteiger partial charge in [0.15, 0.2) is 16.5 Å². The minimum absolute atomic E-state index is 0.279. The van der Waals surface area contributed by atoms with E-state index in [1.807, 2.05) is 6.26 Å². The average molecular weight is 233 g/mol. The number of hydrogen-bond acceptors (Lipinski definition) is 5. The number of amidine groups is 3. The van der Waals surface area contributed by atoms with Crippen molar-refractivity contribution >= 4 is 56.9 Å². The van der Waals surface area contributed by atoms with Gasteiger partial charge in [-0.15, -0.1) is 0 Å². The molecule has 2 aliphatic rings. The average Bonchev–Trinajstić information content (AvgIpc) is 2.46. The monoisotopic (exact) mass is 232 g/mol. The molecule has 2 rings (SSSR count). The maximum atomic E-state index is 5.68. The zero-order chi connectivity index (χ0) is 9.42. The third-order valence-electron chi connectivity index (χ3n) is 1.57. The lowest BCUT2D eigenvalue weighted by molar-refractivity contribution is 1.14. The summed E-state index contributed by atoms with van der Waals surface area (Å²) in [6.07, 6.45) is 1.89. The van der Waals surface area contributed by atoms with Crippen molar-refractivity contribution in [2.24, 2.45) is 15.0 Å². The van der Waals surface area contributed by atoms with Crippen molar-refractivity contribution in [2.45, 2.75) is 6.04 Å². The maximum absolute atomic E-state index is 5.68. The Morgan fingerprint density at radius 1 is 1.54 bits per heavy atom. The predicted molar refractivity (Wildman–Crippen MR) is 61.2 cm³/mol. The molecule has 0 aromatic rings. The van der Waals surface area contributed by atoms with Crippen molar-refractivity contribution in [3.8, 4) is 0 Å². The summed E-state index contributed by atoms with van der Waals surface area (Å²) in [7, 11) is 0. The van der Waals surface area contributed by atoms with E-state index in [2.05, 4.69) is 20.3 Å². The first-order valence-electron chi connectivity index (χ1n) is 3.46. The lowest BCUT2D eigenvalue weighted by Crippen LogP contribution is -2.34. The fraction of sp³-hybridized carbons (Fsp3) is 0.333. The van der Waals surface area contributed by atoms with Crippen LogP contribution in [0.3, 0.4) is 0 Å². The summed E-state index contributed by atoms with van der Waals surface area (Å²) < 4.78 is 0. The van der Waals surface area contributed by atoms with E-state index >= 15 is 0 Å². The highest BCUT2D eigenvalue weighted by molar-refractivity contribution is 8.13. The topological polar surface area (TPSA) is 49.1 Å². The van der Waals surface area contributed by atoms with Crippen LogP contribution in [0.2, 0.25) is 0 Å². The Bertz CT molecular complexity index is 360. The number of thiocarbonyl (C=S) groups is 1. The number of thioether (sulfide) groups is 1. The highest BCUT2D eigenvalue weighted by Gasteiger charge is 2.30. The van der Waals surface area contributed by atoms with Gasteiger partial charge in [0.1, 0.15) is 10.8 Å². The van der Waals surface area contributed by atoms with Crippen LogP contribution >= 0.6 is 35.6 Å². The first-order chi connectivity index (χ1) is 6.20. The highest BCUT2D eigenvalue weighted by Crippen LogP contribution is 2.15. The van der Waals surface area contributed by atoms with E-state index in [1.54, 1.807) is 0 Å². The zero-order valence-electron chi connectivity index (χ0n) is 6.61. The molecule has 0 radical (unpaired) electrons. The second kappa shape index (κ2) is 3.36. The summed E-state index contributed by atoms with van der Waals surface area (Å²) in [5.41, 5.74) is 0. The molecule has 68 valence electrons. The molecule has 4 nitrogen and oxygen atoms in total. The van der Waals surface area contributed by atoms with Gasteiger partial charge in [-0.05, 0) is 17.9 Å². The Labute approximate surface area is 89.6 Å². The highest BCUT2D eigenvalue weighted by atomic mass is 35.5. The smallest absolute Gasteiger partial charge is 0.197 e. The predicted octanol–water partition coefficient (Wildman–Crippen LogP) is 1.01. The Kier molecular flexibility index (Phi) is 2.35. The molecule has 0 saturated heterocycles. The van der Waals surface area contributed by atoms with Crippen LogP contribution in [-0.4, -0.2) is 33.6 Å². The third-order valence-corrected chi connectivity index (χ3v) is 2.63. The standard InChI is InChI=1S/C6H5ClN4S2/c1-13-6-10-3-2(4(12)11-6)8-5(7)9-3/h2H,1H3,(H,8,9,10,11,12). The van der Waals surface area contributed by atoms with Gasteiger partial charge in [0.25, 0.3) is 0 Å². The molecule has 2 aliphatic heterocycles. The first kappa shape index (κ1) is 9.11. The SMILES string of the molecule is CSC1=NC(=S)C2N=C(Cl)NC2=N1. The lowest BCUT2D eigenvalue weighted by Gasteiger charge is -2.12. The Morgan fingerprint density at radius 3 is 3.00 bits per heavy atom. The first-order valence-corrected chi connectivity index (χ1v) is 5.47. The number of hydrogen-bond donors (Lipinski definition) is 1. The molecule has 1 N–H and O–H groups in total. The summed E-state index contributed by atoms with van der Waals surface area (Å²) in [6, 6.07) is -0.279. The van der Waals surface area contributed by atoms with E-state index in [1.165, 1.54) is 11.8 Å². The lowest BCUT2D eigenvalue weighted by atomic mass is 10.3. The molecular weight excluding hydrogens is 228 g/mol. The number of rotatable bonds is 0. The van der Waals surface area contributed by atoms with Crippen LogP contribution in [0.4, 0.5) is 0 Å². The van der Waals surface area contributed by atoms with Gasteiger partial charge in [-0.3, -0.25) is 0 Å². The van der Waals surface area contributed by atoms with Crippen LogP contribution in [0.25, 0.3) is 0 Å². The van der Waals surface area contributed by atoms with E-state index in [-0.39, 0.29) is 6.04 Å². The van der Waals surface area contributed by atoms with Crippen LogP contribution in [0, 0.1) is 0 Å². The molecule has 0 spiro atoms. The van der Waals surface area contributed by atoms with Gasteiger partial charge in [-0.25, -0.2) is 15.0 Å². The largest absolute Gasteiger partial charge is 0.317 e. The van der Waals surface area contributed by atoms with Crippen LogP contribution in [0.5, 0.6) is 0 Å². The number of nitrogens with one attached hydrogen (secondary N) is 1. The van der Waals surface area contributed by atoms with Crippen LogP contribution in [0.1, 0.15) is 0 Å². The zero-order valence-corrected chi connectivity index (χ0v) is 9.00. The van der Waals surface area contributed by atoms with Crippen molar-refractivity contribution in [3.63, 3.8) is 0 Å². The van der Waals surface area contributed by atoms with Gasteiger partial charge in [0.05, 0.1) is 0 Å². The van der Waals surface area contributed by atoms with E-state index in [4.69, 9.17) is 23.8 Å². The molecule has 2 heterocycles. The summed E-state index contributed by atoms with van der Waals surface area (Å²) in [5, 5.41) is 3.80. The Balaban J connectivity index is 2.34. The molecule has 1 atom stereocenters. The molecule has 1 unspecified atom stereocenters. The Hall–Kier alpha value is -0.460. The van der Waals surface area contributed by atoms with Crippen LogP contribution < -0.4 is 5.32 Å². The van der Waals surface area contributed by atoms with E-state index in [0.29, 0.717) is 21.3 Å². The van der Waals surface area contributed by atoms with Crippen molar-refractivity contribution in [3.05, 3.63) is 0 Å². The molecule has 0 saturated carbocycles. The number of halogens is 1. The minimum atomic E-state index is -0.279. The van der Waals surface area contributed by atoms with Gasteiger partial charge in [-0.1, -0.05) is 24.0 Å². The molecule has 0 aromatic heterocycles. The summed E-state index contributed by atoms with van der Waals surface area (Å²) >= 11 is 12.2. The van der Waals surface area contributed by atoms with Crippen LogP contribution in [-0.2, 0) is 0 Å². The van der Waals surface area contributed by atoms with Crippen molar-refractivity contribution in [1.29, 1.82) is 0 Å². The number of nitrogens with zero attached hydrogens (tertiary/aromatic N) is 3. The molecular formula is C6H5ClN4S2. The molecule has 0 fully saturated rings. The van der Waals surface area contributed by atoms with Crippen LogP contribution in [0.15, 0.2) is 15.0 Å². The van der Waals surface area contributed by atoms with Crippen molar-refractivity contribution < 1.29 is 0 Å². The fourth-order valence-corrected chi connectivity index (χ4v) is 1.90. The van der Waals surface area contributed by atoms with E-state index in [0.717, 1.165) is 0 Å². The molecule has 0 aromatic carbocycles. The van der Waals surface area contributed by atoms with Gasteiger partial charge < -0.3 is 5.32 Å². The van der Waals surface area contributed by atoms with Crippen molar-refractivity contribution in [1.82, 2.24) is 5.32 Å². The summed E-state index contributed by atoms with van der Waals surface area (Å²) in [4.78, 5) is 12.8. The fourth-order valence-electron chi connectivity index (χ4n) is 1.02. The van der Waals surface area contributed by atoms with Gasteiger partial charge in [-0.2, -0.15) is 0 Å².